The zero-order valence-electron chi connectivity index (χ0n) is 17.5. The quantitative estimate of drug-likeness (QED) is 0.545. The van der Waals surface area contributed by atoms with Gasteiger partial charge in [-0.05, 0) is 31.5 Å². The first-order valence-corrected chi connectivity index (χ1v) is 9.89. The van der Waals surface area contributed by atoms with Crippen molar-refractivity contribution >= 4 is 11.7 Å². The van der Waals surface area contributed by atoms with E-state index in [-0.39, 0.29) is 12.0 Å². The Morgan fingerprint density at radius 3 is 2.60 bits per heavy atom. The molecule has 0 fully saturated rings. The third kappa shape index (κ3) is 6.09. The van der Waals surface area contributed by atoms with Crippen molar-refractivity contribution in [3.8, 4) is 11.5 Å². The van der Waals surface area contributed by atoms with Gasteiger partial charge in [0.25, 0.3) is 5.91 Å². The van der Waals surface area contributed by atoms with Crippen LogP contribution in [0.2, 0.25) is 0 Å². The standard InChI is InChI=1S/C23H27N3O4/c1-4-26-11-10-22(25-26)24-23(27)19-12-20(29-16-18-8-6-5-7-9-18)14-21(13-19)30-17(2)15-28-3/h5-14,17H,4,15-16H2,1-3H3,(H,24,25,27)/t17-/m0/s1. The number of carbonyl (C=O) groups excluding carboxylic acids is 1. The maximum absolute atomic E-state index is 12.8. The number of nitrogens with one attached hydrogen (secondary N) is 1. The number of nitrogens with zero attached hydrogens (tertiary/aromatic N) is 2. The maximum atomic E-state index is 12.8. The summed E-state index contributed by atoms with van der Waals surface area (Å²) in [5.41, 5.74) is 1.46. The van der Waals surface area contributed by atoms with Gasteiger partial charge < -0.3 is 19.5 Å². The highest BCUT2D eigenvalue weighted by Gasteiger charge is 2.14. The number of amides is 1. The Bertz CT molecular complexity index is 956. The largest absolute Gasteiger partial charge is 0.489 e. The fraction of sp³-hybridized carbons (Fsp3) is 0.304. The molecule has 0 aliphatic rings. The second kappa shape index (κ2) is 10.5. The fourth-order valence-electron chi connectivity index (χ4n) is 2.89. The van der Waals surface area contributed by atoms with Crippen molar-refractivity contribution in [1.82, 2.24) is 9.78 Å². The first-order valence-electron chi connectivity index (χ1n) is 9.89. The normalized spacial score (nSPS) is 11.7. The zero-order chi connectivity index (χ0) is 21.3. The van der Waals surface area contributed by atoms with E-state index in [1.807, 2.05) is 50.4 Å². The van der Waals surface area contributed by atoms with Crippen molar-refractivity contribution < 1.29 is 19.0 Å². The van der Waals surface area contributed by atoms with E-state index in [0.717, 1.165) is 12.1 Å². The molecular weight excluding hydrogens is 382 g/mol. The molecule has 1 amide bonds. The van der Waals surface area contributed by atoms with Crippen LogP contribution in [0.15, 0.2) is 60.8 Å². The summed E-state index contributed by atoms with van der Waals surface area (Å²) in [6.07, 6.45) is 1.64. The summed E-state index contributed by atoms with van der Waals surface area (Å²) in [7, 11) is 1.62. The van der Waals surface area contributed by atoms with Crippen molar-refractivity contribution in [3.05, 3.63) is 71.9 Å². The van der Waals surface area contributed by atoms with Crippen LogP contribution in [0.3, 0.4) is 0 Å². The molecule has 158 valence electrons. The predicted octanol–water partition coefficient (Wildman–Crippen LogP) is 4.15. The molecular formula is C23H27N3O4. The van der Waals surface area contributed by atoms with Crippen LogP contribution in [0.5, 0.6) is 11.5 Å². The van der Waals surface area contributed by atoms with E-state index in [1.165, 1.54) is 0 Å². The Kier molecular flexibility index (Phi) is 7.45. The molecule has 3 rings (SSSR count). The highest BCUT2D eigenvalue weighted by molar-refractivity contribution is 6.04. The molecule has 30 heavy (non-hydrogen) atoms. The van der Waals surface area contributed by atoms with E-state index in [0.29, 0.717) is 36.1 Å². The van der Waals surface area contributed by atoms with Crippen LogP contribution in [-0.4, -0.2) is 35.5 Å². The molecule has 0 aliphatic carbocycles. The van der Waals surface area contributed by atoms with Gasteiger partial charge >= 0.3 is 0 Å². The second-order valence-corrected chi connectivity index (χ2v) is 6.86. The minimum Gasteiger partial charge on any atom is -0.489 e. The van der Waals surface area contributed by atoms with Crippen LogP contribution >= 0.6 is 0 Å². The molecule has 1 atom stereocenters. The summed E-state index contributed by atoms with van der Waals surface area (Å²) < 4.78 is 18.7. The third-order valence-corrected chi connectivity index (χ3v) is 4.34. The molecule has 1 heterocycles. The molecule has 0 spiro atoms. The number of benzene rings is 2. The lowest BCUT2D eigenvalue weighted by molar-refractivity contribution is 0.0914. The molecule has 0 saturated carbocycles. The van der Waals surface area contributed by atoms with Gasteiger partial charge in [-0.1, -0.05) is 30.3 Å². The number of methoxy groups -OCH3 is 1. The van der Waals surface area contributed by atoms with E-state index in [9.17, 15) is 4.79 Å². The Labute approximate surface area is 176 Å². The van der Waals surface area contributed by atoms with Crippen molar-refractivity contribution in [2.45, 2.75) is 33.1 Å². The highest BCUT2D eigenvalue weighted by atomic mass is 16.5. The number of rotatable bonds is 10. The lowest BCUT2D eigenvalue weighted by atomic mass is 10.1. The molecule has 3 aromatic rings. The molecule has 1 aromatic heterocycles. The van der Waals surface area contributed by atoms with Crippen LogP contribution in [-0.2, 0) is 17.9 Å². The van der Waals surface area contributed by atoms with E-state index in [2.05, 4.69) is 10.4 Å². The van der Waals surface area contributed by atoms with Gasteiger partial charge in [-0.2, -0.15) is 5.10 Å². The van der Waals surface area contributed by atoms with Crippen molar-refractivity contribution in [3.63, 3.8) is 0 Å². The highest BCUT2D eigenvalue weighted by Crippen LogP contribution is 2.25. The molecule has 0 bridgehead atoms. The Balaban J connectivity index is 1.79. The smallest absolute Gasteiger partial charge is 0.257 e. The number of ether oxygens (including phenoxy) is 3. The SMILES string of the molecule is CCn1ccc(NC(=O)c2cc(OCc3ccccc3)cc(O[C@@H](C)COC)c2)n1. The number of hydrogen-bond donors (Lipinski definition) is 1. The summed E-state index contributed by atoms with van der Waals surface area (Å²) in [6, 6.07) is 16.8. The average molecular weight is 409 g/mol. The average Bonchev–Trinajstić information content (AvgIpc) is 3.20. The number of carbonyl (C=O) groups is 1. The van der Waals surface area contributed by atoms with Gasteiger partial charge in [0.2, 0.25) is 0 Å². The number of aromatic nitrogens is 2. The van der Waals surface area contributed by atoms with E-state index < -0.39 is 0 Å². The van der Waals surface area contributed by atoms with Crippen LogP contribution in [0.4, 0.5) is 5.82 Å². The Hall–Kier alpha value is -3.32. The first-order chi connectivity index (χ1) is 14.6. The molecule has 0 radical (unpaired) electrons. The first kappa shape index (κ1) is 21.4. The minimum atomic E-state index is -0.286. The predicted molar refractivity (Wildman–Crippen MR) is 115 cm³/mol. The van der Waals surface area contributed by atoms with Gasteiger partial charge in [-0.25, -0.2) is 0 Å². The van der Waals surface area contributed by atoms with Crippen molar-refractivity contribution in [2.75, 3.05) is 19.0 Å². The van der Waals surface area contributed by atoms with Crippen LogP contribution in [0.25, 0.3) is 0 Å². The molecule has 0 saturated heterocycles. The van der Waals surface area contributed by atoms with Gasteiger partial charge in [0.1, 0.15) is 24.2 Å². The summed E-state index contributed by atoms with van der Waals surface area (Å²) in [5.74, 6) is 1.29. The summed E-state index contributed by atoms with van der Waals surface area (Å²) in [5, 5.41) is 7.11. The lowest BCUT2D eigenvalue weighted by Gasteiger charge is -2.16. The van der Waals surface area contributed by atoms with Crippen LogP contribution in [0, 0.1) is 0 Å². The van der Waals surface area contributed by atoms with E-state index in [4.69, 9.17) is 14.2 Å². The summed E-state index contributed by atoms with van der Waals surface area (Å²) >= 11 is 0. The molecule has 0 aliphatic heterocycles. The maximum Gasteiger partial charge on any atom is 0.257 e. The second-order valence-electron chi connectivity index (χ2n) is 6.86. The van der Waals surface area contributed by atoms with Crippen LogP contribution in [0.1, 0.15) is 29.8 Å². The zero-order valence-corrected chi connectivity index (χ0v) is 17.5. The molecule has 7 heteroatoms. The van der Waals surface area contributed by atoms with Crippen molar-refractivity contribution in [2.24, 2.45) is 0 Å². The number of aryl methyl sites for hydroxylation is 1. The van der Waals surface area contributed by atoms with Gasteiger partial charge in [-0.3, -0.25) is 9.48 Å². The van der Waals surface area contributed by atoms with Gasteiger partial charge in [0.15, 0.2) is 5.82 Å². The molecule has 7 nitrogen and oxygen atoms in total. The van der Waals surface area contributed by atoms with Gasteiger partial charge in [0, 0.05) is 37.5 Å². The molecule has 0 unspecified atom stereocenters. The van der Waals surface area contributed by atoms with E-state index in [1.54, 1.807) is 36.1 Å². The topological polar surface area (TPSA) is 74.6 Å². The monoisotopic (exact) mass is 409 g/mol. The fourth-order valence-corrected chi connectivity index (χ4v) is 2.89. The summed E-state index contributed by atoms with van der Waals surface area (Å²) in [6.45, 7) is 5.44. The minimum absolute atomic E-state index is 0.171. The van der Waals surface area contributed by atoms with Gasteiger partial charge in [0.05, 0.1) is 6.61 Å². The summed E-state index contributed by atoms with van der Waals surface area (Å²) in [4.78, 5) is 12.8. The van der Waals surface area contributed by atoms with Crippen LogP contribution < -0.4 is 14.8 Å². The Morgan fingerprint density at radius 2 is 1.90 bits per heavy atom. The van der Waals surface area contributed by atoms with Gasteiger partial charge in [-0.15, -0.1) is 0 Å². The molecule has 2 aromatic carbocycles. The van der Waals surface area contributed by atoms with Crippen molar-refractivity contribution in [1.29, 1.82) is 0 Å². The Morgan fingerprint density at radius 1 is 1.13 bits per heavy atom. The lowest BCUT2D eigenvalue weighted by Crippen LogP contribution is -2.19. The third-order valence-electron chi connectivity index (χ3n) is 4.34. The molecule has 1 N–H and O–H groups in total. The number of hydrogen-bond acceptors (Lipinski definition) is 5. The van der Waals surface area contributed by atoms with E-state index >= 15 is 0 Å². The number of anilines is 1.